The summed E-state index contributed by atoms with van der Waals surface area (Å²) in [6.07, 6.45) is -0.693. The van der Waals surface area contributed by atoms with Crippen molar-refractivity contribution in [2.24, 2.45) is 0 Å². The second-order valence-corrected chi connectivity index (χ2v) is 13.7. The summed E-state index contributed by atoms with van der Waals surface area (Å²) in [5, 5.41) is 87.6. The molecule has 0 saturated heterocycles. The monoisotopic (exact) mass is 680 g/mol. The third kappa shape index (κ3) is 4.61. The van der Waals surface area contributed by atoms with Crippen LogP contribution in [-0.4, -0.2) is 40.9 Å². The lowest BCUT2D eigenvalue weighted by Crippen LogP contribution is -2.20. The van der Waals surface area contributed by atoms with Crippen LogP contribution in [0.3, 0.4) is 0 Å². The minimum absolute atomic E-state index is 0.0358. The van der Waals surface area contributed by atoms with E-state index < -0.39 is 35.7 Å². The van der Waals surface area contributed by atoms with E-state index in [1.54, 1.807) is 97.1 Å². The molecule has 0 amide bonds. The molecular formula is C42H32O9. The Balaban J connectivity index is 1.44. The van der Waals surface area contributed by atoms with Crippen LogP contribution in [0.2, 0.25) is 0 Å². The van der Waals surface area contributed by atoms with Crippen LogP contribution < -0.4 is 4.74 Å². The van der Waals surface area contributed by atoms with E-state index in [1.165, 1.54) is 12.1 Å². The molecule has 6 aromatic rings. The Labute approximate surface area is 291 Å². The van der Waals surface area contributed by atoms with E-state index in [0.717, 1.165) is 27.8 Å². The summed E-state index contributed by atoms with van der Waals surface area (Å²) in [6.45, 7) is 0. The fraction of sp³-hybridized carbons (Fsp3) is 0.143. The summed E-state index contributed by atoms with van der Waals surface area (Å²) < 4.78 is 6.70. The van der Waals surface area contributed by atoms with Crippen molar-refractivity contribution in [3.05, 3.63) is 159 Å². The highest BCUT2D eigenvalue weighted by Crippen LogP contribution is 2.70. The number of aromatic hydroxyl groups is 8. The maximum atomic E-state index is 12.1. The van der Waals surface area contributed by atoms with Crippen LogP contribution in [0.25, 0.3) is 0 Å². The van der Waals surface area contributed by atoms with E-state index >= 15 is 0 Å². The molecule has 6 atom stereocenters. The molecule has 0 aromatic heterocycles. The van der Waals surface area contributed by atoms with Crippen LogP contribution in [0.5, 0.6) is 51.7 Å². The summed E-state index contributed by atoms with van der Waals surface area (Å²) in [7, 11) is 0. The van der Waals surface area contributed by atoms with E-state index in [0.29, 0.717) is 28.0 Å². The number of benzene rings is 6. The number of phenols is 8. The zero-order chi connectivity index (χ0) is 35.3. The Morgan fingerprint density at radius 1 is 0.353 bits per heavy atom. The normalized spacial score (nSPS) is 22.5. The minimum atomic E-state index is -0.693. The van der Waals surface area contributed by atoms with Crippen LogP contribution in [0.4, 0.5) is 0 Å². The minimum Gasteiger partial charge on any atom is -0.508 e. The van der Waals surface area contributed by atoms with Crippen LogP contribution in [0.15, 0.2) is 109 Å². The molecule has 0 bridgehead atoms. The number of fused-ring (bicyclic) bond motifs is 2. The van der Waals surface area contributed by atoms with Crippen molar-refractivity contribution in [1.82, 2.24) is 0 Å². The second kappa shape index (κ2) is 11.0. The number of hydrogen-bond acceptors (Lipinski definition) is 9. The lowest BCUT2D eigenvalue weighted by atomic mass is 9.69. The fourth-order valence-electron chi connectivity index (χ4n) is 9.08. The van der Waals surface area contributed by atoms with Gasteiger partial charge in [0.1, 0.15) is 57.8 Å². The Morgan fingerprint density at radius 3 is 1.41 bits per heavy atom. The summed E-state index contributed by atoms with van der Waals surface area (Å²) in [6, 6.07) is 29.0. The van der Waals surface area contributed by atoms with Crippen molar-refractivity contribution in [1.29, 1.82) is 0 Å². The third-order valence-electron chi connectivity index (χ3n) is 10.9. The van der Waals surface area contributed by atoms with Gasteiger partial charge in [0.2, 0.25) is 0 Å². The number of rotatable bonds is 4. The molecule has 8 N–H and O–H groups in total. The SMILES string of the molecule is Oc1ccc(C2Oc3cc(O)c4c5c3C2c2cc(O)cc(O)c2C(c2ccc(O)cc2)C5C(c2cc(O)cc(O)c2)C4c2ccc(O)cc2)cc1. The quantitative estimate of drug-likeness (QED) is 0.0927. The number of phenolic OH excluding ortho intramolecular Hbond substituents is 8. The van der Waals surface area contributed by atoms with Crippen molar-refractivity contribution in [3.63, 3.8) is 0 Å². The highest BCUT2D eigenvalue weighted by atomic mass is 16.5. The third-order valence-corrected chi connectivity index (χ3v) is 10.9. The topological polar surface area (TPSA) is 171 Å². The zero-order valence-corrected chi connectivity index (χ0v) is 26.8. The van der Waals surface area contributed by atoms with E-state index in [4.69, 9.17) is 4.74 Å². The Kier molecular flexibility index (Phi) is 6.60. The van der Waals surface area contributed by atoms with Gasteiger partial charge in [-0.3, -0.25) is 0 Å². The molecule has 6 aromatic carbocycles. The second-order valence-electron chi connectivity index (χ2n) is 13.7. The molecule has 3 aliphatic rings. The van der Waals surface area contributed by atoms with Crippen molar-refractivity contribution in [2.45, 2.75) is 35.7 Å². The van der Waals surface area contributed by atoms with Gasteiger partial charge in [-0.25, -0.2) is 0 Å². The Bertz CT molecular complexity index is 2330. The van der Waals surface area contributed by atoms with Crippen molar-refractivity contribution in [3.8, 4) is 51.7 Å². The van der Waals surface area contributed by atoms with Crippen LogP contribution in [0, 0.1) is 0 Å². The molecule has 0 fully saturated rings. The van der Waals surface area contributed by atoms with Gasteiger partial charge in [0.15, 0.2) is 0 Å². The number of ether oxygens (including phenoxy) is 1. The van der Waals surface area contributed by atoms with Gasteiger partial charge in [0.25, 0.3) is 0 Å². The van der Waals surface area contributed by atoms with E-state index in [1.807, 2.05) is 0 Å². The van der Waals surface area contributed by atoms with Crippen LogP contribution in [0.1, 0.15) is 85.8 Å². The lowest BCUT2D eigenvalue weighted by Gasteiger charge is -2.34. The largest absolute Gasteiger partial charge is 0.508 e. The van der Waals surface area contributed by atoms with Gasteiger partial charge in [-0.15, -0.1) is 0 Å². The lowest BCUT2D eigenvalue weighted by molar-refractivity contribution is 0.221. The maximum Gasteiger partial charge on any atom is 0.135 e. The maximum absolute atomic E-state index is 12.1. The summed E-state index contributed by atoms with van der Waals surface area (Å²) in [4.78, 5) is 0. The molecule has 9 rings (SSSR count). The highest BCUT2D eigenvalue weighted by molar-refractivity contribution is 5.72. The van der Waals surface area contributed by atoms with Gasteiger partial charge in [-0.2, -0.15) is 0 Å². The fourth-order valence-corrected chi connectivity index (χ4v) is 9.08. The van der Waals surface area contributed by atoms with E-state index in [2.05, 4.69) is 0 Å². The van der Waals surface area contributed by atoms with Gasteiger partial charge in [0.05, 0.1) is 5.92 Å². The van der Waals surface area contributed by atoms with Gasteiger partial charge in [0, 0.05) is 58.6 Å². The first kappa shape index (κ1) is 30.6. The first-order chi connectivity index (χ1) is 24.6. The summed E-state index contributed by atoms with van der Waals surface area (Å²) in [5.41, 5.74) is 5.99. The molecular weight excluding hydrogens is 648 g/mol. The standard InChI is InChI=1S/C42H32O9/c43-23-7-1-19(2-8-23)33-35(22-13-26(46)15-27(47)14-22)40-34(20-3-9-24(44)10-4-20)36-29(16-28(48)17-30(36)49)37-39-32(18-31(50)38(33)41(39)40)51-42(37)21-5-11-25(45)12-6-21/h1-18,33-35,37,40,42-50H. The Hall–Kier alpha value is -6.48. The van der Waals surface area contributed by atoms with Gasteiger partial charge in [-0.1, -0.05) is 36.4 Å². The highest BCUT2D eigenvalue weighted by Gasteiger charge is 2.56. The summed E-state index contributed by atoms with van der Waals surface area (Å²) >= 11 is 0. The van der Waals surface area contributed by atoms with Crippen LogP contribution >= 0.6 is 0 Å². The molecule has 254 valence electrons. The van der Waals surface area contributed by atoms with Crippen LogP contribution in [-0.2, 0) is 0 Å². The molecule has 0 radical (unpaired) electrons. The molecule has 9 nitrogen and oxygen atoms in total. The average molecular weight is 681 g/mol. The van der Waals surface area contributed by atoms with Gasteiger partial charge >= 0.3 is 0 Å². The van der Waals surface area contributed by atoms with Crippen molar-refractivity contribution >= 4 is 0 Å². The van der Waals surface area contributed by atoms with Crippen molar-refractivity contribution in [2.75, 3.05) is 0 Å². The van der Waals surface area contributed by atoms with E-state index in [-0.39, 0.29) is 46.0 Å². The Morgan fingerprint density at radius 2 is 0.843 bits per heavy atom. The molecule has 0 saturated carbocycles. The van der Waals surface area contributed by atoms with E-state index in [9.17, 15) is 40.9 Å². The molecule has 9 heteroatoms. The molecule has 6 unspecified atom stereocenters. The first-order valence-corrected chi connectivity index (χ1v) is 16.6. The number of hydrogen-bond donors (Lipinski definition) is 8. The average Bonchev–Trinajstić information content (AvgIpc) is 3.60. The predicted molar refractivity (Wildman–Crippen MR) is 186 cm³/mol. The van der Waals surface area contributed by atoms with Crippen molar-refractivity contribution < 1.29 is 45.6 Å². The molecule has 2 aliphatic carbocycles. The summed E-state index contributed by atoms with van der Waals surface area (Å²) in [5.74, 6) is -3.08. The zero-order valence-electron chi connectivity index (χ0n) is 26.8. The molecule has 0 spiro atoms. The first-order valence-electron chi connectivity index (χ1n) is 16.6. The van der Waals surface area contributed by atoms with Gasteiger partial charge < -0.3 is 45.6 Å². The molecule has 1 aliphatic heterocycles. The van der Waals surface area contributed by atoms with Gasteiger partial charge in [-0.05, 0) is 88.0 Å². The molecule has 1 heterocycles. The predicted octanol–water partition coefficient (Wildman–Crippen LogP) is 7.76. The molecule has 51 heavy (non-hydrogen) atoms. The smallest absolute Gasteiger partial charge is 0.135 e.